The molecule has 0 unspecified atom stereocenters. The van der Waals surface area contributed by atoms with Gasteiger partial charge in [-0.1, -0.05) is 23.7 Å². The van der Waals surface area contributed by atoms with Gasteiger partial charge >= 0.3 is 6.03 Å². The highest BCUT2D eigenvalue weighted by molar-refractivity contribution is 7.90. The molecular formula is C15H21ClN2O3S. The first kappa shape index (κ1) is 17.1. The molecule has 7 heteroatoms. The zero-order valence-electron chi connectivity index (χ0n) is 12.5. The molecule has 1 saturated carbocycles. The number of carbonyl (C=O) groups is 1. The summed E-state index contributed by atoms with van der Waals surface area (Å²) in [5.74, 6) is 0.530. The molecule has 1 aliphatic rings. The van der Waals surface area contributed by atoms with Gasteiger partial charge in [0.1, 0.15) is 9.84 Å². The molecule has 0 aromatic heterocycles. The van der Waals surface area contributed by atoms with Gasteiger partial charge in [-0.3, -0.25) is 0 Å². The van der Waals surface area contributed by atoms with Gasteiger partial charge in [0.15, 0.2) is 0 Å². The number of halogens is 1. The zero-order chi connectivity index (χ0) is 16.2. The van der Waals surface area contributed by atoms with Crippen molar-refractivity contribution >= 4 is 27.5 Å². The van der Waals surface area contributed by atoms with Crippen molar-refractivity contribution in [1.82, 2.24) is 10.6 Å². The number of nitrogens with one attached hydrogen (secondary N) is 2. The van der Waals surface area contributed by atoms with E-state index >= 15 is 0 Å². The summed E-state index contributed by atoms with van der Waals surface area (Å²) in [4.78, 5) is 11.7. The van der Waals surface area contributed by atoms with Gasteiger partial charge in [-0.05, 0) is 42.9 Å². The van der Waals surface area contributed by atoms with Crippen LogP contribution in [-0.2, 0) is 9.84 Å². The van der Waals surface area contributed by atoms with E-state index in [2.05, 4.69) is 16.7 Å². The molecule has 122 valence electrons. The number of hydrogen-bond acceptors (Lipinski definition) is 3. The van der Waals surface area contributed by atoms with Crippen LogP contribution < -0.4 is 10.6 Å². The molecule has 1 fully saturated rings. The Bertz CT molecular complexity index is 627. The van der Waals surface area contributed by atoms with Crippen molar-refractivity contribution < 1.29 is 13.2 Å². The third-order valence-corrected chi connectivity index (χ3v) is 5.04. The summed E-state index contributed by atoms with van der Waals surface area (Å²) in [6.07, 6.45) is 3.42. The lowest BCUT2D eigenvalue weighted by molar-refractivity contribution is 0.222. The lowest BCUT2D eigenvalue weighted by atomic mass is 9.76. The van der Waals surface area contributed by atoms with Crippen LogP contribution in [0.15, 0.2) is 24.3 Å². The molecule has 2 N–H and O–H groups in total. The quantitative estimate of drug-likeness (QED) is 0.778. The predicted molar refractivity (Wildman–Crippen MR) is 88.1 cm³/mol. The highest BCUT2D eigenvalue weighted by Crippen LogP contribution is 2.37. The zero-order valence-corrected chi connectivity index (χ0v) is 14.1. The van der Waals surface area contributed by atoms with Crippen LogP contribution in [0.5, 0.6) is 0 Å². The molecule has 0 saturated heterocycles. The van der Waals surface area contributed by atoms with Gasteiger partial charge in [-0.2, -0.15) is 0 Å². The Morgan fingerprint density at radius 1 is 1.36 bits per heavy atom. The number of carbonyl (C=O) groups excluding carboxylic acids is 1. The molecule has 2 rings (SSSR count). The summed E-state index contributed by atoms with van der Waals surface area (Å²) in [6.45, 7) is 0.364. The van der Waals surface area contributed by atoms with E-state index < -0.39 is 9.84 Å². The van der Waals surface area contributed by atoms with Gasteiger partial charge in [0, 0.05) is 23.9 Å². The molecule has 2 amide bonds. The lowest BCUT2D eigenvalue weighted by Gasteiger charge is -2.36. The molecule has 0 aliphatic heterocycles. The van der Waals surface area contributed by atoms with Crippen molar-refractivity contribution in [1.29, 1.82) is 0 Å². The fourth-order valence-corrected chi connectivity index (χ4v) is 3.41. The summed E-state index contributed by atoms with van der Waals surface area (Å²) >= 11 is 5.97. The van der Waals surface area contributed by atoms with Crippen molar-refractivity contribution in [3.63, 3.8) is 0 Å². The van der Waals surface area contributed by atoms with E-state index in [4.69, 9.17) is 11.6 Å². The predicted octanol–water partition coefficient (Wildman–Crippen LogP) is 2.32. The highest BCUT2D eigenvalue weighted by atomic mass is 35.5. The second-order valence-corrected chi connectivity index (χ2v) is 8.50. The molecule has 0 spiro atoms. The summed E-state index contributed by atoms with van der Waals surface area (Å²) in [7, 11) is -2.96. The number of amides is 2. The van der Waals surface area contributed by atoms with E-state index in [1.54, 1.807) is 0 Å². The molecule has 0 bridgehead atoms. The van der Waals surface area contributed by atoms with Crippen LogP contribution >= 0.6 is 11.6 Å². The van der Waals surface area contributed by atoms with Crippen molar-refractivity contribution in [3.05, 3.63) is 34.9 Å². The molecule has 1 aromatic carbocycles. The SMILES string of the molecule is CS(=O)(=O)CCCNC(=O)NC1CC(c2cccc(Cl)c2)C1. The first-order chi connectivity index (χ1) is 10.3. The largest absolute Gasteiger partial charge is 0.338 e. The van der Waals surface area contributed by atoms with Crippen molar-refractivity contribution in [2.24, 2.45) is 0 Å². The normalized spacial score (nSPS) is 21.0. The monoisotopic (exact) mass is 344 g/mol. The van der Waals surface area contributed by atoms with Crippen molar-refractivity contribution in [2.75, 3.05) is 18.6 Å². The minimum absolute atomic E-state index is 0.0908. The Hall–Kier alpha value is -1.27. The summed E-state index contributed by atoms with van der Waals surface area (Å²) < 4.78 is 21.9. The molecule has 1 aliphatic carbocycles. The van der Waals surface area contributed by atoms with Crippen LogP contribution in [0.2, 0.25) is 5.02 Å². The Morgan fingerprint density at radius 3 is 2.73 bits per heavy atom. The van der Waals surface area contributed by atoms with Crippen LogP contribution in [0.25, 0.3) is 0 Å². The third-order valence-electron chi connectivity index (χ3n) is 3.77. The van der Waals surface area contributed by atoms with Gasteiger partial charge in [-0.15, -0.1) is 0 Å². The molecule has 0 atom stereocenters. The maximum atomic E-state index is 11.7. The van der Waals surface area contributed by atoms with Gasteiger partial charge in [0.25, 0.3) is 0 Å². The minimum atomic E-state index is -2.96. The minimum Gasteiger partial charge on any atom is -0.338 e. The van der Waals surface area contributed by atoms with Gasteiger partial charge < -0.3 is 10.6 Å². The van der Waals surface area contributed by atoms with Gasteiger partial charge in [-0.25, -0.2) is 13.2 Å². The average molecular weight is 345 g/mol. The summed E-state index contributed by atoms with van der Waals surface area (Å²) in [5, 5.41) is 6.31. The smallest absolute Gasteiger partial charge is 0.315 e. The van der Waals surface area contributed by atoms with Crippen molar-refractivity contribution in [3.8, 4) is 0 Å². The maximum absolute atomic E-state index is 11.7. The average Bonchev–Trinajstić information content (AvgIpc) is 2.37. The summed E-state index contributed by atoms with van der Waals surface area (Å²) in [5.41, 5.74) is 1.21. The number of urea groups is 1. The second kappa shape index (κ2) is 7.33. The van der Waals surface area contributed by atoms with Crippen LogP contribution in [0, 0.1) is 0 Å². The molecular weight excluding hydrogens is 324 g/mol. The number of rotatable bonds is 6. The molecule has 22 heavy (non-hydrogen) atoms. The number of sulfone groups is 1. The second-order valence-electron chi connectivity index (χ2n) is 5.80. The van der Waals surface area contributed by atoms with Gasteiger partial charge in [0.05, 0.1) is 5.75 Å². The van der Waals surface area contributed by atoms with E-state index in [9.17, 15) is 13.2 Å². The van der Waals surface area contributed by atoms with E-state index in [0.29, 0.717) is 18.9 Å². The van der Waals surface area contributed by atoms with Crippen LogP contribution in [0.3, 0.4) is 0 Å². The summed E-state index contributed by atoms with van der Waals surface area (Å²) in [6, 6.07) is 7.74. The van der Waals surface area contributed by atoms with Gasteiger partial charge in [0.2, 0.25) is 0 Å². The molecule has 0 radical (unpaired) electrons. The lowest BCUT2D eigenvalue weighted by Crippen LogP contribution is -2.47. The molecule has 0 heterocycles. The topological polar surface area (TPSA) is 75.3 Å². The Labute approximate surface area is 136 Å². The highest BCUT2D eigenvalue weighted by Gasteiger charge is 2.31. The fourth-order valence-electron chi connectivity index (χ4n) is 2.54. The number of benzene rings is 1. The van der Waals surface area contributed by atoms with Crippen LogP contribution in [-0.4, -0.2) is 39.0 Å². The number of hydrogen-bond donors (Lipinski definition) is 2. The standard InChI is InChI=1S/C15H21ClN2O3S/c1-22(20,21)7-3-6-17-15(19)18-14-9-12(10-14)11-4-2-5-13(16)8-11/h2,4-5,8,12,14H,3,6-7,9-10H2,1H3,(H2,17,18,19). The third kappa shape index (κ3) is 5.50. The Kier molecular flexibility index (Phi) is 5.69. The van der Waals surface area contributed by atoms with Crippen LogP contribution in [0.4, 0.5) is 4.79 Å². The fraction of sp³-hybridized carbons (Fsp3) is 0.533. The first-order valence-corrected chi connectivity index (χ1v) is 9.75. The van der Waals surface area contributed by atoms with E-state index in [1.807, 2.05) is 18.2 Å². The Morgan fingerprint density at radius 2 is 2.09 bits per heavy atom. The first-order valence-electron chi connectivity index (χ1n) is 7.31. The van der Waals surface area contributed by atoms with E-state index in [0.717, 1.165) is 17.9 Å². The van der Waals surface area contributed by atoms with Crippen molar-refractivity contribution in [2.45, 2.75) is 31.2 Å². The van der Waals surface area contributed by atoms with Crippen LogP contribution in [0.1, 0.15) is 30.7 Å². The molecule has 1 aromatic rings. The van der Waals surface area contributed by atoms with E-state index in [-0.39, 0.29) is 17.8 Å². The Balaban J connectivity index is 1.64. The van der Waals surface area contributed by atoms with E-state index in [1.165, 1.54) is 11.8 Å². The maximum Gasteiger partial charge on any atom is 0.315 e. The molecule has 5 nitrogen and oxygen atoms in total.